The molecule has 1 N–H and O–H groups in total. The van der Waals surface area contributed by atoms with Crippen molar-refractivity contribution in [3.63, 3.8) is 0 Å². The van der Waals surface area contributed by atoms with Gasteiger partial charge in [-0.1, -0.05) is 12.1 Å². The molecule has 0 aliphatic carbocycles. The molecule has 106 valence electrons. The van der Waals surface area contributed by atoms with Gasteiger partial charge in [-0.05, 0) is 38.1 Å². The standard InChI is InChI=1S/C15H19N3O2/c1-2-6-14-11(5-1)16-15(20-14)17-12-9-19-10-13(12)18-7-3-4-8-18/h1-2,5-6,12-13H,3-4,7-10H2,(H,16,17)/t12-,13-/m0/s1. The summed E-state index contributed by atoms with van der Waals surface area (Å²) >= 11 is 0. The van der Waals surface area contributed by atoms with Gasteiger partial charge < -0.3 is 14.5 Å². The summed E-state index contributed by atoms with van der Waals surface area (Å²) in [6, 6.07) is 9.15. The first kappa shape index (κ1) is 12.2. The number of likely N-dealkylation sites (tertiary alicyclic amines) is 1. The van der Waals surface area contributed by atoms with E-state index in [2.05, 4.69) is 15.2 Å². The number of benzene rings is 1. The van der Waals surface area contributed by atoms with Gasteiger partial charge in [0.05, 0.1) is 25.3 Å². The first-order valence-electron chi connectivity index (χ1n) is 7.34. The van der Waals surface area contributed by atoms with Crippen LogP contribution < -0.4 is 5.32 Å². The van der Waals surface area contributed by atoms with Crippen molar-refractivity contribution in [1.29, 1.82) is 0 Å². The summed E-state index contributed by atoms with van der Waals surface area (Å²) in [5, 5.41) is 3.41. The predicted molar refractivity (Wildman–Crippen MR) is 76.8 cm³/mol. The van der Waals surface area contributed by atoms with E-state index in [-0.39, 0.29) is 6.04 Å². The van der Waals surface area contributed by atoms with Crippen LogP contribution in [0.3, 0.4) is 0 Å². The molecule has 2 aliphatic rings. The topological polar surface area (TPSA) is 50.5 Å². The maximum absolute atomic E-state index is 5.74. The zero-order valence-electron chi connectivity index (χ0n) is 11.4. The summed E-state index contributed by atoms with van der Waals surface area (Å²) in [6.07, 6.45) is 2.60. The first-order valence-corrected chi connectivity index (χ1v) is 7.34. The van der Waals surface area contributed by atoms with Gasteiger partial charge in [-0.2, -0.15) is 4.98 Å². The Kier molecular flexibility index (Phi) is 3.09. The van der Waals surface area contributed by atoms with Crippen LogP contribution in [-0.4, -0.2) is 48.3 Å². The molecule has 0 bridgehead atoms. The quantitative estimate of drug-likeness (QED) is 0.928. The van der Waals surface area contributed by atoms with E-state index in [1.54, 1.807) is 0 Å². The molecule has 0 unspecified atom stereocenters. The van der Waals surface area contributed by atoms with Crippen LogP contribution in [0.1, 0.15) is 12.8 Å². The normalized spacial score (nSPS) is 27.4. The molecule has 2 fully saturated rings. The molecule has 5 nitrogen and oxygen atoms in total. The number of para-hydroxylation sites is 2. The second kappa shape index (κ2) is 5.07. The fourth-order valence-electron chi connectivity index (χ4n) is 3.21. The van der Waals surface area contributed by atoms with Crippen LogP contribution in [0.25, 0.3) is 11.1 Å². The minimum Gasteiger partial charge on any atom is -0.424 e. The van der Waals surface area contributed by atoms with E-state index in [4.69, 9.17) is 9.15 Å². The molecule has 0 radical (unpaired) electrons. The molecule has 3 heterocycles. The van der Waals surface area contributed by atoms with E-state index in [1.807, 2.05) is 24.3 Å². The molecule has 4 rings (SSSR count). The van der Waals surface area contributed by atoms with Gasteiger partial charge in [0.1, 0.15) is 5.52 Å². The summed E-state index contributed by atoms with van der Waals surface area (Å²) in [4.78, 5) is 7.01. The Bertz CT molecular complexity index is 559. The highest BCUT2D eigenvalue weighted by Gasteiger charge is 2.35. The number of rotatable bonds is 3. The Morgan fingerprint density at radius 2 is 2.00 bits per heavy atom. The van der Waals surface area contributed by atoms with Gasteiger partial charge in [-0.25, -0.2) is 0 Å². The highest BCUT2D eigenvalue weighted by Crippen LogP contribution is 2.24. The Morgan fingerprint density at radius 1 is 1.15 bits per heavy atom. The Balaban J connectivity index is 1.52. The zero-order valence-corrected chi connectivity index (χ0v) is 11.4. The number of nitrogens with zero attached hydrogens (tertiary/aromatic N) is 2. The molecule has 0 amide bonds. The van der Waals surface area contributed by atoms with Crippen molar-refractivity contribution in [2.45, 2.75) is 24.9 Å². The molecule has 0 saturated carbocycles. The number of hydrogen-bond donors (Lipinski definition) is 1. The number of fused-ring (bicyclic) bond motifs is 1. The summed E-state index contributed by atoms with van der Waals surface area (Å²) in [5.41, 5.74) is 1.72. The third-order valence-corrected chi connectivity index (χ3v) is 4.26. The van der Waals surface area contributed by atoms with Crippen molar-refractivity contribution >= 4 is 17.1 Å². The van der Waals surface area contributed by atoms with Gasteiger partial charge >= 0.3 is 0 Å². The first-order chi connectivity index (χ1) is 9.90. The molecule has 0 spiro atoms. The number of nitrogens with one attached hydrogen (secondary N) is 1. The Labute approximate surface area is 117 Å². The molecular formula is C15H19N3O2. The van der Waals surface area contributed by atoms with Gasteiger partial charge in [0.15, 0.2) is 5.58 Å². The number of oxazole rings is 1. The second-order valence-electron chi connectivity index (χ2n) is 5.59. The van der Waals surface area contributed by atoms with Crippen molar-refractivity contribution in [3.8, 4) is 0 Å². The molecule has 2 saturated heterocycles. The summed E-state index contributed by atoms with van der Waals surface area (Å²) in [5.74, 6) is 0. The average molecular weight is 273 g/mol. The number of ether oxygens (including phenoxy) is 1. The van der Waals surface area contributed by atoms with Gasteiger partial charge in [-0.3, -0.25) is 4.90 Å². The van der Waals surface area contributed by atoms with E-state index in [9.17, 15) is 0 Å². The fourth-order valence-corrected chi connectivity index (χ4v) is 3.21. The van der Waals surface area contributed by atoms with Crippen LogP contribution in [0.4, 0.5) is 6.01 Å². The third kappa shape index (κ3) is 2.17. The Hall–Kier alpha value is -1.59. The van der Waals surface area contributed by atoms with Crippen molar-refractivity contribution < 1.29 is 9.15 Å². The van der Waals surface area contributed by atoms with Crippen LogP contribution in [0, 0.1) is 0 Å². The van der Waals surface area contributed by atoms with E-state index in [0.29, 0.717) is 12.1 Å². The van der Waals surface area contributed by atoms with Crippen molar-refractivity contribution in [1.82, 2.24) is 9.88 Å². The minimum absolute atomic E-state index is 0.265. The summed E-state index contributed by atoms with van der Waals surface area (Å²) < 4.78 is 11.4. The monoisotopic (exact) mass is 273 g/mol. The number of hydrogen-bond acceptors (Lipinski definition) is 5. The molecule has 1 aromatic heterocycles. The van der Waals surface area contributed by atoms with Crippen LogP contribution in [0.15, 0.2) is 28.7 Å². The molecular weight excluding hydrogens is 254 g/mol. The maximum Gasteiger partial charge on any atom is 0.296 e. The predicted octanol–water partition coefficient (Wildman–Crippen LogP) is 2.10. The molecule has 5 heteroatoms. The lowest BCUT2D eigenvalue weighted by Gasteiger charge is -2.27. The highest BCUT2D eigenvalue weighted by atomic mass is 16.5. The van der Waals surface area contributed by atoms with Gasteiger partial charge in [-0.15, -0.1) is 0 Å². The van der Waals surface area contributed by atoms with Crippen molar-refractivity contribution in [2.24, 2.45) is 0 Å². The largest absolute Gasteiger partial charge is 0.424 e. The van der Waals surface area contributed by atoms with Crippen molar-refractivity contribution in [2.75, 3.05) is 31.6 Å². The maximum atomic E-state index is 5.74. The van der Waals surface area contributed by atoms with Crippen LogP contribution in [0.2, 0.25) is 0 Å². The number of anilines is 1. The lowest BCUT2D eigenvalue weighted by atomic mass is 10.1. The molecule has 2 aliphatic heterocycles. The minimum atomic E-state index is 0.265. The number of aromatic nitrogens is 1. The molecule has 20 heavy (non-hydrogen) atoms. The Morgan fingerprint density at radius 3 is 2.85 bits per heavy atom. The lowest BCUT2D eigenvalue weighted by Crippen LogP contribution is -2.44. The van der Waals surface area contributed by atoms with Gasteiger partial charge in [0, 0.05) is 0 Å². The van der Waals surface area contributed by atoms with E-state index in [1.165, 1.54) is 25.9 Å². The molecule has 1 aromatic carbocycles. The summed E-state index contributed by atoms with van der Waals surface area (Å²) in [6.45, 7) is 3.89. The van der Waals surface area contributed by atoms with Crippen LogP contribution >= 0.6 is 0 Å². The van der Waals surface area contributed by atoms with Gasteiger partial charge in [0.2, 0.25) is 0 Å². The third-order valence-electron chi connectivity index (χ3n) is 4.26. The average Bonchev–Trinajstić information content (AvgIpc) is 3.18. The van der Waals surface area contributed by atoms with E-state index >= 15 is 0 Å². The summed E-state index contributed by atoms with van der Waals surface area (Å²) in [7, 11) is 0. The lowest BCUT2D eigenvalue weighted by molar-refractivity contribution is 0.159. The van der Waals surface area contributed by atoms with Gasteiger partial charge in [0.25, 0.3) is 6.01 Å². The van der Waals surface area contributed by atoms with Crippen molar-refractivity contribution in [3.05, 3.63) is 24.3 Å². The van der Waals surface area contributed by atoms with E-state index < -0.39 is 0 Å². The smallest absolute Gasteiger partial charge is 0.296 e. The van der Waals surface area contributed by atoms with Crippen LogP contribution in [0.5, 0.6) is 0 Å². The van der Waals surface area contributed by atoms with Crippen LogP contribution in [-0.2, 0) is 4.74 Å². The second-order valence-corrected chi connectivity index (χ2v) is 5.59. The SMILES string of the molecule is c1ccc2oc(N[C@H]3COC[C@@H]3N3CCCC3)nc2c1. The fraction of sp³-hybridized carbons (Fsp3) is 0.533. The molecule has 2 aromatic rings. The highest BCUT2D eigenvalue weighted by molar-refractivity contribution is 5.74. The zero-order chi connectivity index (χ0) is 13.4. The molecule has 2 atom stereocenters. The van der Waals surface area contributed by atoms with E-state index in [0.717, 1.165) is 24.3 Å².